The molecule has 0 atom stereocenters. The fourth-order valence-corrected chi connectivity index (χ4v) is 2.90. The zero-order valence-corrected chi connectivity index (χ0v) is 15.7. The van der Waals surface area contributed by atoms with Gasteiger partial charge in [-0.15, -0.1) is 0 Å². The Kier molecular flexibility index (Phi) is 5.09. The minimum atomic E-state index is -0.164. The van der Waals surface area contributed by atoms with Gasteiger partial charge in [-0.3, -0.25) is 0 Å². The Balaban J connectivity index is 2.65. The minimum Gasteiger partial charge on any atom is -0.507 e. The predicted molar refractivity (Wildman–Crippen MR) is 98.4 cm³/mol. The maximum Gasteiger partial charge on any atom is 0.139 e. The van der Waals surface area contributed by atoms with Crippen molar-refractivity contribution in [3.63, 3.8) is 0 Å². The topological polar surface area (TPSA) is 58.3 Å². The second-order valence-electron chi connectivity index (χ2n) is 8.44. The Morgan fingerprint density at radius 3 is 2.00 bits per heavy atom. The Morgan fingerprint density at radius 1 is 1.00 bits per heavy atom. The standard InChI is InChI=1S/C20H30N2O2/c1-19(2,3)15-12-14(13-16(17(15)24)20(4,5)6)18-21-8-10-22(18)9-7-11-23/h8,10,12-13,23-24H,7,9,11H2,1-6H3. The highest BCUT2D eigenvalue weighted by Crippen LogP contribution is 2.41. The van der Waals surface area contributed by atoms with Crippen molar-refractivity contribution in [3.05, 3.63) is 35.7 Å². The zero-order valence-electron chi connectivity index (χ0n) is 15.7. The molecule has 0 fully saturated rings. The van der Waals surface area contributed by atoms with Crippen molar-refractivity contribution in [1.82, 2.24) is 9.55 Å². The lowest BCUT2D eigenvalue weighted by atomic mass is 9.78. The van der Waals surface area contributed by atoms with Gasteiger partial charge in [-0.05, 0) is 29.4 Å². The maximum atomic E-state index is 10.8. The van der Waals surface area contributed by atoms with E-state index in [1.165, 1.54) is 0 Å². The van der Waals surface area contributed by atoms with Crippen LogP contribution in [-0.4, -0.2) is 26.4 Å². The van der Waals surface area contributed by atoms with Crippen LogP contribution >= 0.6 is 0 Å². The Bertz CT molecular complexity index is 668. The van der Waals surface area contributed by atoms with Gasteiger partial charge in [0.1, 0.15) is 11.6 Å². The smallest absolute Gasteiger partial charge is 0.139 e. The van der Waals surface area contributed by atoms with E-state index in [0.717, 1.165) is 29.1 Å². The van der Waals surface area contributed by atoms with Gasteiger partial charge in [0.15, 0.2) is 0 Å². The third kappa shape index (κ3) is 3.81. The van der Waals surface area contributed by atoms with E-state index in [9.17, 15) is 5.11 Å². The van der Waals surface area contributed by atoms with Gasteiger partial charge in [0.25, 0.3) is 0 Å². The summed E-state index contributed by atoms with van der Waals surface area (Å²) >= 11 is 0. The number of hydrogen-bond acceptors (Lipinski definition) is 3. The first-order valence-corrected chi connectivity index (χ1v) is 8.56. The number of benzene rings is 1. The highest BCUT2D eigenvalue weighted by Gasteiger charge is 2.27. The van der Waals surface area contributed by atoms with Gasteiger partial charge in [0, 0.05) is 42.2 Å². The quantitative estimate of drug-likeness (QED) is 0.882. The fraction of sp³-hybridized carbons (Fsp3) is 0.550. The SMILES string of the molecule is CC(C)(C)c1cc(-c2nccn2CCCO)cc(C(C)(C)C)c1O. The molecule has 1 aromatic carbocycles. The molecule has 2 N–H and O–H groups in total. The summed E-state index contributed by atoms with van der Waals surface area (Å²) in [6.07, 6.45) is 4.41. The molecule has 0 amide bonds. The van der Waals surface area contributed by atoms with Crippen LogP contribution in [0.1, 0.15) is 59.1 Å². The molecule has 4 nitrogen and oxygen atoms in total. The number of hydrogen-bond donors (Lipinski definition) is 2. The number of nitrogens with zero attached hydrogens (tertiary/aromatic N) is 2. The molecule has 4 heteroatoms. The van der Waals surface area contributed by atoms with E-state index in [2.05, 4.69) is 51.1 Å². The molecule has 1 aromatic heterocycles. The summed E-state index contributed by atoms with van der Waals surface area (Å²) in [6, 6.07) is 4.09. The van der Waals surface area contributed by atoms with Gasteiger partial charge >= 0.3 is 0 Å². The van der Waals surface area contributed by atoms with Crippen molar-refractivity contribution in [1.29, 1.82) is 0 Å². The molecular formula is C20H30N2O2. The molecule has 0 unspecified atom stereocenters. The Hall–Kier alpha value is -1.81. The van der Waals surface area contributed by atoms with E-state index >= 15 is 0 Å². The van der Waals surface area contributed by atoms with Crippen molar-refractivity contribution in [2.45, 2.75) is 65.3 Å². The highest BCUT2D eigenvalue weighted by molar-refractivity contribution is 5.64. The molecule has 0 aliphatic rings. The first-order chi connectivity index (χ1) is 11.1. The van der Waals surface area contributed by atoms with E-state index in [1.807, 2.05) is 18.3 Å². The summed E-state index contributed by atoms with van der Waals surface area (Å²) in [5, 5.41) is 19.9. The summed E-state index contributed by atoms with van der Waals surface area (Å²) in [4.78, 5) is 4.52. The zero-order chi connectivity index (χ0) is 18.1. The summed E-state index contributed by atoms with van der Waals surface area (Å²) in [7, 11) is 0. The van der Waals surface area contributed by atoms with Crippen LogP contribution in [0.15, 0.2) is 24.5 Å². The highest BCUT2D eigenvalue weighted by atomic mass is 16.3. The van der Waals surface area contributed by atoms with Crippen molar-refractivity contribution in [2.75, 3.05) is 6.61 Å². The summed E-state index contributed by atoms with van der Waals surface area (Å²) in [5.41, 5.74) is 2.54. The molecule has 0 saturated carbocycles. The van der Waals surface area contributed by atoms with E-state index in [4.69, 9.17) is 5.11 Å². The second kappa shape index (κ2) is 6.60. The van der Waals surface area contributed by atoms with Crippen molar-refractivity contribution < 1.29 is 10.2 Å². The van der Waals surface area contributed by atoms with Crippen molar-refractivity contribution in [3.8, 4) is 17.1 Å². The summed E-state index contributed by atoms with van der Waals surface area (Å²) in [6.45, 7) is 13.5. The van der Waals surface area contributed by atoms with Crippen molar-refractivity contribution in [2.24, 2.45) is 0 Å². The molecule has 2 aromatic rings. The molecule has 0 aliphatic carbocycles. The number of phenols is 1. The number of aryl methyl sites for hydroxylation is 1. The summed E-state index contributed by atoms with van der Waals surface area (Å²) < 4.78 is 2.06. The van der Waals surface area contributed by atoms with Crippen LogP contribution < -0.4 is 0 Å². The van der Waals surface area contributed by atoms with Crippen LogP contribution in [0.5, 0.6) is 5.75 Å². The molecule has 0 saturated heterocycles. The van der Waals surface area contributed by atoms with Gasteiger partial charge in [0.2, 0.25) is 0 Å². The predicted octanol–water partition coefficient (Wildman–Crippen LogP) is 4.23. The number of imidazole rings is 1. The lowest BCUT2D eigenvalue weighted by molar-refractivity contribution is 0.280. The monoisotopic (exact) mass is 330 g/mol. The molecule has 0 radical (unpaired) electrons. The van der Waals surface area contributed by atoms with Crippen LogP contribution in [0.2, 0.25) is 0 Å². The molecule has 2 rings (SSSR count). The summed E-state index contributed by atoms with van der Waals surface area (Å²) in [5.74, 6) is 1.26. The molecule has 0 spiro atoms. The van der Waals surface area contributed by atoms with Crippen LogP contribution in [0.3, 0.4) is 0 Å². The molecular weight excluding hydrogens is 300 g/mol. The van der Waals surface area contributed by atoms with E-state index in [1.54, 1.807) is 6.20 Å². The van der Waals surface area contributed by atoms with E-state index < -0.39 is 0 Å². The van der Waals surface area contributed by atoms with Crippen LogP contribution in [-0.2, 0) is 17.4 Å². The lowest BCUT2D eigenvalue weighted by Gasteiger charge is -2.28. The van der Waals surface area contributed by atoms with Crippen LogP contribution in [0.25, 0.3) is 11.4 Å². The number of aromatic nitrogens is 2. The minimum absolute atomic E-state index is 0.160. The van der Waals surface area contributed by atoms with E-state index in [-0.39, 0.29) is 17.4 Å². The molecule has 0 bridgehead atoms. The fourth-order valence-electron chi connectivity index (χ4n) is 2.90. The first-order valence-electron chi connectivity index (χ1n) is 8.56. The number of aliphatic hydroxyl groups excluding tert-OH is 1. The molecule has 1 heterocycles. The van der Waals surface area contributed by atoms with Gasteiger partial charge in [-0.2, -0.15) is 0 Å². The average Bonchev–Trinajstić information content (AvgIpc) is 2.91. The largest absolute Gasteiger partial charge is 0.507 e. The number of rotatable bonds is 4. The van der Waals surface area contributed by atoms with Gasteiger partial charge in [0.05, 0.1) is 0 Å². The van der Waals surface area contributed by atoms with Crippen LogP contribution in [0.4, 0.5) is 0 Å². The van der Waals surface area contributed by atoms with E-state index in [0.29, 0.717) is 12.2 Å². The van der Waals surface area contributed by atoms with Crippen LogP contribution in [0, 0.1) is 0 Å². The van der Waals surface area contributed by atoms with Crippen molar-refractivity contribution >= 4 is 0 Å². The third-order valence-electron chi connectivity index (χ3n) is 4.26. The number of phenolic OH excluding ortho intramolecular Hbond substituents is 1. The Morgan fingerprint density at radius 2 is 1.54 bits per heavy atom. The normalized spacial score (nSPS) is 12.6. The molecule has 132 valence electrons. The molecule has 24 heavy (non-hydrogen) atoms. The number of aliphatic hydroxyl groups is 1. The van der Waals surface area contributed by atoms with Gasteiger partial charge < -0.3 is 14.8 Å². The number of aromatic hydroxyl groups is 1. The Labute approximate surface area is 145 Å². The first kappa shape index (κ1) is 18.5. The second-order valence-corrected chi connectivity index (χ2v) is 8.44. The maximum absolute atomic E-state index is 10.8. The third-order valence-corrected chi connectivity index (χ3v) is 4.26. The van der Waals surface area contributed by atoms with Gasteiger partial charge in [-0.1, -0.05) is 41.5 Å². The van der Waals surface area contributed by atoms with Gasteiger partial charge in [-0.25, -0.2) is 4.98 Å². The molecule has 0 aliphatic heterocycles. The lowest BCUT2D eigenvalue weighted by Crippen LogP contribution is -2.17. The average molecular weight is 330 g/mol.